The van der Waals surface area contributed by atoms with Crippen LogP contribution >= 0.6 is 39.1 Å². The summed E-state index contributed by atoms with van der Waals surface area (Å²) in [6.45, 7) is 0.611. The van der Waals surface area contributed by atoms with E-state index < -0.39 is 4.92 Å². The van der Waals surface area contributed by atoms with Gasteiger partial charge in [-0.15, -0.1) is 0 Å². The second-order valence-corrected chi connectivity index (χ2v) is 7.45. The average molecular weight is 488 g/mol. The van der Waals surface area contributed by atoms with Gasteiger partial charge in [0.25, 0.3) is 0 Å². The van der Waals surface area contributed by atoms with Crippen molar-refractivity contribution in [3.05, 3.63) is 66.9 Å². The smallest absolute Gasteiger partial charge is 0.358 e. The zero-order chi connectivity index (χ0) is 20.3. The maximum atomic E-state index is 12.1. The van der Waals surface area contributed by atoms with Crippen molar-refractivity contribution in [1.82, 2.24) is 19.6 Å². The molecule has 0 spiro atoms. The highest BCUT2D eigenvalue weighted by molar-refractivity contribution is 9.10. The Bertz CT molecular complexity index is 1040. The lowest BCUT2D eigenvalue weighted by atomic mass is 10.2. The molecule has 1 amide bonds. The first-order valence-corrected chi connectivity index (χ1v) is 9.51. The molecule has 12 heteroatoms. The summed E-state index contributed by atoms with van der Waals surface area (Å²) in [6.07, 6.45) is 3.25. The summed E-state index contributed by atoms with van der Waals surface area (Å²) >= 11 is 15.4. The number of hydrogen-bond acceptors (Lipinski definition) is 5. The molecule has 0 saturated heterocycles. The summed E-state index contributed by atoms with van der Waals surface area (Å²) in [7, 11) is 0. The third-order valence-corrected chi connectivity index (χ3v) is 4.87. The van der Waals surface area contributed by atoms with Crippen LogP contribution in [-0.4, -0.2) is 30.4 Å². The third kappa shape index (κ3) is 5.09. The normalized spacial score (nSPS) is 10.8. The number of rotatable bonds is 7. The van der Waals surface area contributed by atoms with Crippen LogP contribution in [0.1, 0.15) is 12.0 Å². The molecule has 28 heavy (non-hydrogen) atoms. The molecule has 146 valence electrons. The highest BCUT2D eigenvalue weighted by Crippen LogP contribution is 2.24. The SMILES string of the molecule is O=C(CCn1ccc([N+](=O)[O-])n1)Nc1nn(Cc2ccc(Cl)cc2Cl)cc1Br. The van der Waals surface area contributed by atoms with Gasteiger partial charge in [0, 0.05) is 22.7 Å². The van der Waals surface area contributed by atoms with Crippen LogP contribution in [0.25, 0.3) is 0 Å². The van der Waals surface area contributed by atoms with E-state index in [9.17, 15) is 14.9 Å². The molecule has 1 N–H and O–H groups in total. The van der Waals surface area contributed by atoms with Gasteiger partial charge in [-0.2, -0.15) is 9.78 Å². The summed E-state index contributed by atoms with van der Waals surface area (Å²) < 4.78 is 3.58. The number of carbonyl (C=O) groups is 1. The Labute approximate surface area is 177 Å². The second kappa shape index (κ2) is 8.72. The predicted molar refractivity (Wildman–Crippen MR) is 108 cm³/mol. The number of aryl methyl sites for hydroxylation is 1. The molecular formula is C16H13BrCl2N6O3. The number of nitrogens with one attached hydrogen (secondary N) is 1. The molecule has 9 nitrogen and oxygen atoms in total. The Balaban J connectivity index is 1.59. The van der Waals surface area contributed by atoms with Crippen LogP contribution in [0.2, 0.25) is 10.0 Å². The molecule has 0 aliphatic rings. The first-order valence-electron chi connectivity index (χ1n) is 7.96. The van der Waals surface area contributed by atoms with Crippen LogP contribution in [0.5, 0.6) is 0 Å². The van der Waals surface area contributed by atoms with E-state index >= 15 is 0 Å². The van der Waals surface area contributed by atoms with Crippen molar-refractivity contribution in [3.63, 3.8) is 0 Å². The first kappa shape index (κ1) is 20.3. The number of benzene rings is 1. The fourth-order valence-electron chi connectivity index (χ4n) is 2.37. The number of aromatic nitrogens is 4. The second-order valence-electron chi connectivity index (χ2n) is 5.75. The maximum Gasteiger partial charge on any atom is 0.389 e. The van der Waals surface area contributed by atoms with Gasteiger partial charge in [-0.3, -0.25) is 9.48 Å². The van der Waals surface area contributed by atoms with Gasteiger partial charge in [-0.1, -0.05) is 29.3 Å². The van der Waals surface area contributed by atoms with E-state index in [4.69, 9.17) is 23.2 Å². The Morgan fingerprint density at radius 3 is 2.71 bits per heavy atom. The third-order valence-electron chi connectivity index (χ3n) is 3.70. The summed E-state index contributed by atoms with van der Waals surface area (Å²) in [4.78, 5) is 22.2. The van der Waals surface area contributed by atoms with Gasteiger partial charge in [0.05, 0.1) is 34.9 Å². The lowest BCUT2D eigenvalue weighted by Crippen LogP contribution is -2.15. The molecule has 3 aromatic rings. The molecule has 0 unspecified atom stereocenters. The number of halogens is 3. The van der Waals surface area contributed by atoms with E-state index in [2.05, 4.69) is 31.4 Å². The standard InChI is InChI=1S/C16H13BrCl2N6O3/c17-12-9-24(8-10-1-2-11(18)7-13(10)19)22-16(12)20-15(26)4-6-23-5-3-14(21-23)25(27)28/h1-3,5,7,9H,4,6,8H2,(H,20,22,26). The molecule has 0 aliphatic heterocycles. The van der Waals surface area contributed by atoms with Crippen molar-refractivity contribution in [1.29, 1.82) is 0 Å². The number of anilines is 1. The summed E-state index contributed by atoms with van der Waals surface area (Å²) in [6, 6.07) is 6.47. The number of amides is 1. The molecule has 0 radical (unpaired) electrons. The fraction of sp³-hybridized carbons (Fsp3) is 0.188. The van der Waals surface area contributed by atoms with E-state index in [1.807, 2.05) is 6.07 Å². The molecular weight excluding hydrogens is 475 g/mol. The van der Waals surface area contributed by atoms with Crippen LogP contribution in [0.15, 0.2) is 41.1 Å². The zero-order valence-electron chi connectivity index (χ0n) is 14.2. The molecule has 0 aliphatic carbocycles. The lowest BCUT2D eigenvalue weighted by molar-refractivity contribution is -0.389. The average Bonchev–Trinajstić information content (AvgIpc) is 3.23. The topological polar surface area (TPSA) is 108 Å². The Morgan fingerprint density at radius 1 is 1.25 bits per heavy atom. The molecule has 1 aromatic carbocycles. The lowest BCUT2D eigenvalue weighted by Gasteiger charge is -2.05. The van der Waals surface area contributed by atoms with E-state index in [1.54, 1.807) is 23.0 Å². The fourth-order valence-corrected chi connectivity index (χ4v) is 3.25. The largest absolute Gasteiger partial charge is 0.389 e. The first-order chi connectivity index (χ1) is 13.3. The Hall–Kier alpha value is -2.43. The number of nitrogens with zero attached hydrogens (tertiary/aromatic N) is 5. The summed E-state index contributed by atoms with van der Waals surface area (Å²) in [5.41, 5.74) is 0.833. The van der Waals surface area contributed by atoms with Gasteiger partial charge in [0.1, 0.15) is 0 Å². The molecule has 3 rings (SSSR count). The van der Waals surface area contributed by atoms with Crippen molar-refractivity contribution in [3.8, 4) is 0 Å². The highest BCUT2D eigenvalue weighted by Gasteiger charge is 2.14. The predicted octanol–water partition coefficient (Wildman–Crippen LogP) is 4.13. The zero-order valence-corrected chi connectivity index (χ0v) is 17.3. The molecule has 0 atom stereocenters. The molecule has 0 saturated carbocycles. The van der Waals surface area contributed by atoms with E-state index in [1.165, 1.54) is 16.9 Å². The van der Waals surface area contributed by atoms with Gasteiger partial charge < -0.3 is 15.4 Å². The Kier molecular flexibility index (Phi) is 6.32. The van der Waals surface area contributed by atoms with Crippen molar-refractivity contribution < 1.29 is 9.72 Å². The minimum atomic E-state index is -0.590. The minimum absolute atomic E-state index is 0.0845. The summed E-state index contributed by atoms with van der Waals surface area (Å²) in [5.74, 6) is -0.196. The van der Waals surface area contributed by atoms with E-state index in [-0.39, 0.29) is 24.7 Å². The van der Waals surface area contributed by atoms with Gasteiger partial charge in [0.2, 0.25) is 5.91 Å². The van der Waals surface area contributed by atoms with Crippen LogP contribution in [0, 0.1) is 10.1 Å². The van der Waals surface area contributed by atoms with Gasteiger partial charge in [-0.05, 0) is 38.5 Å². The number of hydrogen-bond donors (Lipinski definition) is 1. The number of carbonyl (C=O) groups excluding carboxylic acids is 1. The minimum Gasteiger partial charge on any atom is -0.358 e. The van der Waals surface area contributed by atoms with Gasteiger partial charge in [0.15, 0.2) is 5.82 Å². The molecule has 0 fully saturated rings. The van der Waals surface area contributed by atoms with Gasteiger partial charge in [-0.25, -0.2) is 0 Å². The van der Waals surface area contributed by atoms with Crippen molar-refractivity contribution in [2.75, 3.05) is 5.32 Å². The van der Waals surface area contributed by atoms with Crippen LogP contribution in [0.3, 0.4) is 0 Å². The summed E-state index contributed by atoms with van der Waals surface area (Å²) in [5, 5.41) is 22.5. The van der Waals surface area contributed by atoms with Crippen LogP contribution < -0.4 is 5.32 Å². The van der Waals surface area contributed by atoms with E-state index in [0.717, 1.165) is 5.56 Å². The highest BCUT2D eigenvalue weighted by atomic mass is 79.9. The molecule has 2 heterocycles. The maximum absolute atomic E-state index is 12.1. The quantitative estimate of drug-likeness (QED) is 0.398. The monoisotopic (exact) mass is 486 g/mol. The molecule has 2 aromatic heterocycles. The Morgan fingerprint density at radius 2 is 2.04 bits per heavy atom. The van der Waals surface area contributed by atoms with Crippen LogP contribution in [-0.2, 0) is 17.9 Å². The number of nitro groups is 1. The van der Waals surface area contributed by atoms with E-state index in [0.29, 0.717) is 26.9 Å². The molecule has 0 bridgehead atoms. The van der Waals surface area contributed by atoms with Crippen molar-refractivity contribution >= 4 is 56.7 Å². The van der Waals surface area contributed by atoms with Crippen molar-refractivity contribution in [2.24, 2.45) is 0 Å². The van der Waals surface area contributed by atoms with Gasteiger partial charge >= 0.3 is 5.82 Å². The van der Waals surface area contributed by atoms with Crippen LogP contribution in [0.4, 0.5) is 11.6 Å². The van der Waals surface area contributed by atoms with Crippen molar-refractivity contribution in [2.45, 2.75) is 19.5 Å².